The maximum absolute atomic E-state index is 11.3. The number of hydrogen-bond acceptors (Lipinski definition) is 2. The summed E-state index contributed by atoms with van der Waals surface area (Å²) in [5.41, 5.74) is 2.02. The van der Waals surface area contributed by atoms with Gasteiger partial charge in [0, 0.05) is 35.2 Å². The lowest BCUT2D eigenvalue weighted by atomic mass is 10.1. The Balaban J connectivity index is 2.15. The van der Waals surface area contributed by atoms with Crippen molar-refractivity contribution in [2.75, 3.05) is 6.61 Å². The van der Waals surface area contributed by atoms with E-state index in [1.807, 2.05) is 30.5 Å². The largest absolute Gasteiger partial charge is 0.492 e. The smallest absolute Gasteiger partial charge is 0.162 e. The number of rotatable bonds is 1. The molecule has 2 heterocycles. The molecule has 0 atom stereocenters. The number of nitrogens with one attached hydrogen (secondary N) is 1. The molecule has 1 aliphatic rings. The number of fused-ring (bicyclic) bond motifs is 1. The zero-order valence-electron chi connectivity index (χ0n) is 8.69. The summed E-state index contributed by atoms with van der Waals surface area (Å²) in [6, 6.07) is 7.98. The number of ether oxygens (including phenoxy) is 1. The first kappa shape index (κ1) is 9.21. The Morgan fingerprint density at radius 1 is 1.25 bits per heavy atom. The van der Waals surface area contributed by atoms with Crippen LogP contribution in [0.3, 0.4) is 0 Å². The van der Waals surface area contributed by atoms with Crippen LogP contribution in [0.15, 0.2) is 36.5 Å². The van der Waals surface area contributed by atoms with Gasteiger partial charge in [0.05, 0.1) is 6.61 Å². The van der Waals surface area contributed by atoms with Gasteiger partial charge < -0.3 is 9.72 Å². The fraction of sp³-hybridized carbons (Fsp3) is 0.154. The molecule has 0 spiro atoms. The first-order valence-corrected chi connectivity index (χ1v) is 5.28. The number of H-pyrrole nitrogens is 1. The average molecular weight is 213 g/mol. The lowest BCUT2D eigenvalue weighted by Crippen LogP contribution is -2.08. The van der Waals surface area contributed by atoms with Crippen LogP contribution in [-0.2, 0) is 9.53 Å². The summed E-state index contributed by atoms with van der Waals surface area (Å²) < 4.78 is 5.52. The minimum atomic E-state index is 0.131. The number of carbonyl (C=O) groups is 1. The summed E-state index contributed by atoms with van der Waals surface area (Å²) in [6.45, 7) is 0.476. The lowest BCUT2D eigenvalue weighted by molar-refractivity contribution is -0.115. The van der Waals surface area contributed by atoms with E-state index in [4.69, 9.17) is 4.74 Å². The van der Waals surface area contributed by atoms with Crippen molar-refractivity contribution in [1.82, 2.24) is 4.98 Å². The van der Waals surface area contributed by atoms with Gasteiger partial charge in [-0.1, -0.05) is 18.2 Å². The number of aromatic amines is 1. The van der Waals surface area contributed by atoms with Gasteiger partial charge in [0.25, 0.3) is 0 Å². The van der Waals surface area contributed by atoms with E-state index in [9.17, 15) is 4.79 Å². The molecule has 0 bridgehead atoms. The van der Waals surface area contributed by atoms with Crippen LogP contribution in [-0.4, -0.2) is 17.4 Å². The molecule has 3 heteroatoms. The predicted octanol–water partition coefficient (Wildman–Crippen LogP) is 2.50. The van der Waals surface area contributed by atoms with Gasteiger partial charge in [-0.2, -0.15) is 0 Å². The van der Waals surface area contributed by atoms with E-state index < -0.39 is 0 Å². The second kappa shape index (κ2) is 3.52. The molecular weight excluding hydrogens is 202 g/mol. The van der Waals surface area contributed by atoms with Crippen molar-refractivity contribution in [3.05, 3.63) is 42.1 Å². The van der Waals surface area contributed by atoms with E-state index in [0.29, 0.717) is 18.8 Å². The van der Waals surface area contributed by atoms with Crippen molar-refractivity contribution in [2.45, 2.75) is 6.42 Å². The van der Waals surface area contributed by atoms with Gasteiger partial charge in [0.2, 0.25) is 0 Å². The summed E-state index contributed by atoms with van der Waals surface area (Å²) >= 11 is 0. The lowest BCUT2D eigenvalue weighted by Gasteiger charge is -2.13. The highest BCUT2D eigenvalue weighted by atomic mass is 16.5. The Kier molecular flexibility index (Phi) is 2.03. The SMILES string of the molecule is O=C1C=C(c2c[nH]c3ccccc23)OCC1. The van der Waals surface area contributed by atoms with E-state index in [1.165, 1.54) is 0 Å². The summed E-state index contributed by atoms with van der Waals surface area (Å²) in [5.74, 6) is 0.806. The molecule has 1 N–H and O–H groups in total. The van der Waals surface area contributed by atoms with Crippen LogP contribution in [0.4, 0.5) is 0 Å². The predicted molar refractivity (Wildman–Crippen MR) is 61.9 cm³/mol. The standard InChI is InChI=1S/C13H11NO2/c15-9-5-6-16-13(7-9)11-8-14-12-4-2-1-3-10(11)12/h1-4,7-8,14H,5-6H2. The van der Waals surface area contributed by atoms with Gasteiger partial charge in [0.15, 0.2) is 5.78 Å². The van der Waals surface area contributed by atoms with Crippen LogP contribution in [0.5, 0.6) is 0 Å². The molecular formula is C13H11NO2. The molecule has 0 radical (unpaired) electrons. The van der Waals surface area contributed by atoms with Gasteiger partial charge in [-0.05, 0) is 6.07 Å². The van der Waals surface area contributed by atoms with E-state index in [1.54, 1.807) is 6.08 Å². The number of benzene rings is 1. The molecule has 0 saturated carbocycles. The van der Waals surface area contributed by atoms with Crippen LogP contribution in [0.2, 0.25) is 0 Å². The van der Waals surface area contributed by atoms with Crippen molar-refractivity contribution in [2.24, 2.45) is 0 Å². The Morgan fingerprint density at radius 3 is 3.00 bits per heavy atom. The Bertz CT molecular complexity index is 580. The average Bonchev–Trinajstić information content (AvgIpc) is 2.72. The first-order valence-electron chi connectivity index (χ1n) is 5.28. The fourth-order valence-corrected chi connectivity index (χ4v) is 1.95. The maximum Gasteiger partial charge on any atom is 0.162 e. The normalized spacial score (nSPS) is 16.0. The molecule has 0 saturated heterocycles. The number of aromatic nitrogens is 1. The van der Waals surface area contributed by atoms with Crippen molar-refractivity contribution < 1.29 is 9.53 Å². The molecule has 1 aromatic carbocycles. The second-order valence-corrected chi connectivity index (χ2v) is 3.82. The van der Waals surface area contributed by atoms with Crippen LogP contribution < -0.4 is 0 Å². The molecule has 0 fully saturated rings. The number of ketones is 1. The molecule has 16 heavy (non-hydrogen) atoms. The van der Waals surface area contributed by atoms with Crippen molar-refractivity contribution in [3.8, 4) is 0 Å². The zero-order chi connectivity index (χ0) is 11.0. The summed E-state index contributed by atoms with van der Waals surface area (Å²) in [7, 11) is 0. The van der Waals surface area contributed by atoms with Crippen LogP contribution in [0.25, 0.3) is 16.7 Å². The molecule has 1 aromatic heterocycles. The topological polar surface area (TPSA) is 42.1 Å². The monoisotopic (exact) mass is 213 g/mol. The van der Waals surface area contributed by atoms with Crippen LogP contribution in [0, 0.1) is 0 Å². The summed E-state index contributed by atoms with van der Waals surface area (Å²) in [6.07, 6.45) is 3.94. The fourth-order valence-electron chi connectivity index (χ4n) is 1.95. The number of allylic oxidation sites excluding steroid dienone is 1. The molecule has 1 aliphatic heterocycles. The molecule has 80 valence electrons. The Hall–Kier alpha value is -2.03. The third kappa shape index (κ3) is 1.41. The number of hydrogen-bond donors (Lipinski definition) is 1. The summed E-state index contributed by atoms with van der Waals surface area (Å²) in [4.78, 5) is 14.5. The second-order valence-electron chi connectivity index (χ2n) is 3.82. The van der Waals surface area contributed by atoms with E-state index in [-0.39, 0.29) is 5.78 Å². The van der Waals surface area contributed by atoms with Gasteiger partial charge in [-0.25, -0.2) is 0 Å². The molecule has 0 unspecified atom stereocenters. The quantitative estimate of drug-likeness (QED) is 0.790. The first-order chi connectivity index (χ1) is 7.84. The Morgan fingerprint density at radius 2 is 2.12 bits per heavy atom. The van der Waals surface area contributed by atoms with Crippen molar-refractivity contribution in [3.63, 3.8) is 0 Å². The van der Waals surface area contributed by atoms with Gasteiger partial charge >= 0.3 is 0 Å². The maximum atomic E-state index is 11.3. The minimum absolute atomic E-state index is 0.131. The minimum Gasteiger partial charge on any atom is -0.492 e. The van der Waals surface area contributed by atoms with Crippen LogP contribution in [0.1, 0.15) is 12.0 Å². The molecule has 0 amide bonds. The van der Waals surface area contributed by atoms with E-state index >= 15 is 0 Å². The Labute approximate surface area is 92.7 Å². The highest BCUT2D eigenvalue weighted by Crippen LogP contribution is 2.27. The number of para-hydroxylation sites is 1. The zero-order valence-corrected chi connectivity index (χ0v) is 8.69. The van der Waals surface area contributed by atoms with Crippen molar-refractivity contribution >= 4 is 22.4 Å². The highest BCUT2D eigenvalue weighted by molar-refractivity contribution is 6.00. The summed E-state index contributed by atoms with van der Waals surface area (Å²) in [5, 5.41) is 1.09. The van der Waals surface area contributed by atoms with Gasteiger partial charge in [-0.15, -0.1) is 0 Å². The van der Waals surface area contributed by atoms with Gasteiger partial charge in [0.1, 0.15) is 5.76 Å². The molecule has 3 nitrogen and oxygen atoms in total. The number of carbonyl (C=O) groups excluding carboxylic acids is 1. The van der Waals surface area contributed by atoms with Gasteiger partial charge in [-0.3, -0.25) is 4.79 Å². The molecule has 2 aromatic rings. The third-order valence-electron chi connectivity index (χ3n) is 2.75. The third-order valence-corrected chi connectivity index (χ3v) is 2.75. The van der Waals surface area contributed by atoms with E-state index in [0.717, 1.165) is 16.5 Å². The van der Waals surface area contributed by atoms with E-state index in [2.05, 4.69) is 4.98 Å². The molecule has 3 rings (SSSR count). The highest BCUT2D eigenvalue weighted by Gasteiger charge is 2.15. The van der Waals surface area contributed by atoms with Crippen molar-refractivity contribution in [1.29, 1.82) is 0 Å². The van der Waals surface area contributed by atoms with Crippen LogP contribution >= 0.6 is 0 Å². The molecule has 0 aliphatic carbocycles.